The van der Waals surface area contributed by atoms with Crippen molar-refractivity contribution >= 4 is 17.1 Å². The van der Waals surface area contributed by atoms with Crippen LogP contribution in [-0.4, -0.2) is 5.78 Å². The van der Waals surface area contributed by atoms with Gasteiger partial charge < -0.3 is 0 Å². The number of ketones is 1. The van der Waals surface area contributed by atoms with Gasteiger partial charge in [-0.3, -0.25) is 4.79 Å². The van der Waals surface area contributed by atoms with Crippen LogP contribution in [0.25, 0.3) is 0 Å². The van der Waals surface area contributed by atoms with Gasteiger partial charge in [0.15, 0.2) is 0 Å². The van der Waals surface area contributed by atoms with Gasteiger partial charge in [-0.1, -0.05) is 24.3 Å². The van der Waals surface area contributed by atoms with Crippen LogP contribution < -0.4 is 0 Å². The van der Waals surface area contributed by atoms with E-state index in [4.69, 9.17) is 0 Å². The molecule has 0 saturated carbocycles. The molecule has 0 saturated heterocycles. The van der Waals surface area contributed by atoms with Crippen LogP contribution in [0.2, 0.25) is 0 Å². The first kappa shape index (κ1) is 11.1. The molecule has 0 spiro atoms. The third-order valence-corrected chi connectivity index (χ3v) is 3.36. The maximum absolute atomic E-state index is 11.8. The van der Waals surface area contributed by atoms with Gasteiger partial charge in [0.1, 0.15) is 5.78 Å². The Morgan fingerprint density at radius 1 is 1.19 bits per heavy atom. The Morgan fingerprint density at radius 3 is 2.69 bits per heavy atom. The molecule has 0 amide bonds. The summed E-state index contributed by atoms with van der Waals surface area (Å²) in [6.07, 6.45) is 1.10. The highest BCUT2D eigenvalue weighted by molar-refractivity contribution is 7.07. The van der Waals surface area contributed by atoms with Crippen molar-refractivity contribution in [1.82, 2.24) is 0 Å². The summed E-state index contributed by atoms with van der Waals surface area (Å²) in [6.45, 7) is 2.05. The van der Waals surface area contributed by atoms with Crippen LogP contribution in [0.4, 0.5) is 0 Å². The molecule has 2 heteroatoms. The van der Waals surface area contributed by atoms with Crippen molar-refractivity contribution in [2.24, 2.45) is 0 Å². The number of benzene rings is 1. The van der Waals surface area contributed by atoms with Crippen LogP contribution in [0.5, 0.6) is 0 Å². The molecule has 0 fully saturated rings. The Morgan fingerprint density at radius 2 is 2.00 bits per heavy atom. The fraction of sp³-hybridized carbons (Fsp3) is 0.214. The quantitative estimate of drug-likeness (QED) is 0.786. The predicted molar refractivity (Wildman–Crippen MR) is 67.9 cm³/mol. The zero-order chi connectivity index (χ0) is 11.4. The van der Waals surface area contributed by atoms with Crippen molar-refractivity contribution in [1.29, 1.82) is 0 Å². The summed E-state index contributed by atoms with van der Waals surface area (Å²) >= 11 is 1.64. The number of rotatable bonds is 4. The molecule has 1 nitrogen and oxygen atoms in total. The van der Waals surface area contributed by atoms with Crippen LogP contribution in [-0.2, 0) is 17.6 Å². The average molecular weight is 230 g/mol. The van der Waals surface area contributed by atoms with Crippen molar-refractivity contribution in [3.8, 4) is 0 Å². The summed E-state index contributed by atoms with van der Waals surface area (Å²) in [5, 5.41) is 4.05. The summed E-state index contributed by atoms with van der Waals surface area (Å²) in [5.41, 5.74) is 3.47. The van der Waals surface area contributed by atoms with E-state index in [0.717, 1.165) is 11.1 Å². The first-order chi connectivity index (χ1) is 7.75. The van der Waals surface area contributed by atoms with Gasteiger partial charge in [-0.2, -0.15) is 11.3 Å². The molecule has 0 aliphatic heterocycles. The molecule has 82 valence electrons. The van der Waals surface area contributed by atoms with Crippen molar-refractivity contribution in [2.75, 3.05) is 0 Å². The minimum absolute atomic E-state index is 0.285. The number of thiophene rings is 1. The standard InChI is InChI=1S/C14H14OS/c1-11-4-2-3-5-13(11)9-14(15)8-12-6-7-16-10-12/h2-7,10H,8-9H2,1H3. The lowest BCUT2D eigenvalue weighted by molar-refractivity contribution is -0.117. The third-order valence-electron chi connectivity index (χ3n) is 2.63. The van der Waals surface area contributed by atoms with Crippen LogP contribution in [0, 0.1) is 6.92 Å². The highest BCUT2D eigenvalue weighted by Crippen LogP contribution is 2.11. The first-order valence-corrected chi connectivity index (χ1v) is 6.27. The fourth-order valence-corrected chi connectivity index (χ4v) is 2.37. The Hall–Kier alpha value is -1.41. The summed E-state index contributed by atoms with van der Waals surface area (Å²) in [7, 11) is 0. The molecular formula is C14H14OS. The van der Waals surface area contributed by atoms with E-state index in [2.05, 4.69) is 0 Å². The average Bonchev–Trinajstić information content (AvgIpc) is 2.74. The highest BCUT2D eigenvalue weighted by atomic mass is 32.1. The second kappa shape index (κ2) is 5.08. The van der Waals surface area contributed by atoms with E-state index in [-0.39, 0.29) is 5.78 Å². The minimum atomic E-state index is 0.285. The largest absolute Gasteiger partial charge is 0.299 e. The number of hydrogen-bond acceptors (Lipinski definition) is 2. The molecule has 0 radical (unpaired) electrons. The molecule has 0 aliphatic rings. The van der Waals surface area contributed by atoms with Gasteiger partial charge in [0.2, 0.25) is 0 Å². The van der Waals surface area contributed by atoms with Gasteiger partial charge in [-0.25, -0.2) is 0 Å². The van der Waals surface area contributed by atoms with Crippen LogP contribution in [0.3, 0.4) is 0 Å². The van der Waals surface area contributed by atoms with Crippen LogP contribution in [0.15, 0.2) is 41.1 Å². The van der Waals surface area contributed by atoms with Crippen LogP contribution in [0.1, 0.15) is 16.7 Å². The highest BCUT2D eigenvalue weighted by Gasteiger charge is 2.06. The van der Waals surface area contributed by atoms with Gasteiger partial charge in [0.05, 0.1) is 0 Å². The first-order valence-electron chi connectivity index (χ1n) is 5.33. The lowest BCUT2D eigenvalue weighted by atomic mass is 10.0. The Labute approximate surface area is 99.8 Å². The second-order valence-electron chi connectivity index (χ2n) is 3.95. The maximum atomic E-state index is 11.8. The van der Waals surface area contributed by atoms with E-state index < -0.39 is 0 Å². The van der Waals surface area contributed by atoms with Crippen molar-refractivity contribution in [3.05, 3.63) is 57.8 Å². The Kier molecular flexibility index (Phi) is 3.52. The van der Waals surface area contributed by atoms with Gasteiger partial charge in [-0.15, -0.1) is 0 Å². The predicted octanol–water partition coefficient (Wildman–Crippen LogP) is 3.41. The Bertz CT molecular complexity index is 471. The lowest BCUT2D eigenvalue weighted by Crippen LogP contribution is -2.06. The van der Waals surface area contributed by atoms with Gasteiger partial charge in [0.25, 0.3) is 0 Å². The smallest absolute Gasteiger partial charge is 0.141 e. The molecule has 0 unspecified atom stereocenters. The number of carbonyl (C=O) groups excluding carboxylic acids is 1. The molecule has 1 heterocycles. The van der Waals surface area contributed by atoms with Crippen molar-refractivity contribution in [2.45, 2.75) is 19.8 Å². The van der Waals surface area contributed by atoms with Crippen LogP contribution >= 0.6 is 11.3 Å². The molecule has 0 bridgehead atoms. The molecule has 1 aromatic carbocycles. The maximum Gasteiger partial charge on any atom is 0.141 e. The zero-order valence-electron chi connectivity index (χ0n) is 9.27. The van der Waals surface area contributed by atoms with E-state index >= 15 is 0 Å². The number of hydrogen-bond donors (Lipinski definition) is 0. The summed E-state index contributed by atoms with van der Waals surface area (Å²) in [4.78, 5) is 11.8. The molecule has 0 N–H and O–H groups in total. The number of carbonyl (C=O) groups is 1. The summed E-state index contributed by atoms with van der Waals surface area (Å²) in [6, 6.07) is 10.1. The lowest BCUT2D eigenvalue weighted by Gasteiger charge is -2.03. The molecule has 0 atom stereocenters. The van der Waals surface area contributed by atoms with E-state index in [9.17, 15) is 4.79 Å². The normalized spacial score (nSPS) is 10.3. The summed E-state index contributed by atoms with van der Waals surface area (Å²) < 4.78 is 0. The zero-order valence-corrected chi connectivity index (χ0v) is 10.1. The fourth-order valence-electron chi connectivity index (χ4n) is 1.70. The summed E-state index contributed by atoms with van der Waals surface area (Å²) in [5.74, 6) is 0.285. The van der Waals surface area contributed by atoms with Gasteiger partial charge in [0, 0.05) is 12.8 Å². The molecule has 1 aromatic heterocycles. The Balaban J connectivity index is 2.00. The number of Topliss-reactive ketones (excluding diaryl/α,β-unsaturated/α-hetero) is 1. The minimum Gasteiger partial charge on any atom is -0.299 e. The second-order valence-corrected chi connectivity index (χ2v) is 4.73. The van der Waals surface area contributed by atoms with E-state index in [1.165, 1.54) is 5.56 Å². The van der Waals surface area contributed by atoms with Gasteiger partial charge >= 0.3 is 0 Å². The molecule has 2 aromatic rings. The molecule has 16 heavy (non-hydrogen) atoms. The third kappa shape index (κ3) is 2.80. The van der Waals surface area contributed by atoms with E-state index in [0.29, 0.717) is 12.8 Å². The SMILES string of the molecule is Cc1ccccc1CC(=O)Cc1ccsc1. The topological polar surface area (TPSA) is 17.1 Å². The molecule has 2 rings (SSSR count). The van der Waals surface area contributed by atoms with E-state index in [1.54, 1.807) is 11.3 Å². The van der Waals surface area contributed by atoms with Gasteiger partial charge in [-0.05, 0) is 40.4 Å². The van der Waals surface area contributed by atoms with Crippen molar-refractivity contribution < 1.29 is 4.79 Å². The molecular weight excluding hydrogens is 216 g/mol. The number of aryl methyl sites for hydroxylation is 1. The monoisotopic (exact) mass is 230 g/mol. The van der Waals surface area contributed by atoms with Crippen molar-refractivity contribution in [3.63, 3.8) is 0 Å². The molecule has 0 aliphatic carbocycles. The van der Waals surface area contributed by atoms with E-state index in [1.807, 2.05) is 48.0 Å².